The van der Waals surface area contributed by atoms with Crippen LogP contribution in [0.25, 0.3) is 0 Å². The zero-order chi connectivity index (χ0) is 16.8. The average Bonchev–Trinajstić information content (AvgIpc) is 3.10. The first kappa shape index (κ1) is 16.4. The summed E-state index contributed by atoms with van der Waals surface area (Å²) in [6.07, 6.45) is 6.06. The molecule has 24 heavy (non-hydrogen) atoms. The molecule has 2 heterocycles. The Kier molecular flexibility index (Phi) is 5.38. The fourth-order valence-electron chi connectivity index (χ4n) is 2.85. The number of rotatable bonds is 6. The fourth-order valence-corrected chi connectivity index (χ4v) is 2.85. The van der Waals surface area contributed by atoms with E-state index in [1.165, 1.54) is 0 Å². The highest BCUT2D eigenvalue weighted by atomic mass is 16.5. The summed E-state index contributed by atoms with van der Waals surface area (Å²) in [5.41, 5.74) is 0.912. The topological polar surface area (TPSA) is 67.4 Å². The van der Waals surface area contributed by atoms with Crippen molar-refractivity contribution >= 4 is 5.91 Å². The van der Waals surface area contributed by atoms with E-state index in [9.17, 15) is 4.79 Å². The monoisotopic (exact) mass is 326 g/mol. The van der Waals surface area contributed by atoms with E-state index in [-0.39, 0.29) is 24.6 Å². The van der Waals surface area contributed by atoms with Crippen molar-refractivity contribution in [2.45, 2.75) is 25.4 Å². The molecule has 1 N–H and O–H groups in total. The van der Waals surface area contributed by atoms with Crippen molar-refractivity contribution in [3.8, 4) is 5.75 Å². The van der Waals surface area contributed by atoms with Gasteiger partial charge in [-0.3, -0.25) is 14.8 Å². The summed E-state index contributed by atoms with van der Waals surface area (Å²) in [6, 6.07) is 9.78. The molecule has 2 aromatic rings. The minimum atomic E-state index is 0.0234. The van der Waals surface area contributed by atoms with Gasteiger partial charge in [-0.1, -0.05) is 18.2 Å². The van der Waals surface area contributed by atoms with Crippen LogP contribution >= 0.6 is 0 Å². The summed E-state index contributed by atoms with van der Waals surface area (Å²) >= 11 is 0. The van der Waals surface area contributed by atoms with Gasteiger partial charge >= 0.3 is 0 Å². The summed E-state index contributed by atoms with van der Waals surface area (Å²) in [6.45, 7) is 3.59. The lowest BCUT2D eigenvalue weighted by Crippen LogP contribution is -2.38. The standard InChI is InChI=1S/C18H22N4O2/c1-14(17-11-19-8-9-20-17)21-15-7-10-22(12-15)18(23)13-24-16-5-3-2-4-6-16/h2-6,8-9,11,14-15,21H,7,10,12-13H2,1H3/t14-,15+/m0/s1. The van der Waals surface area contributed by atoms with E-state index >= 15 is 0 Å². The zero-order valence-corrected chi connectivity index (χ0v) is 13.8. The van der Waals surface area contributed by atoms with Gasteiger partial charge in [-0.25, -0.2) is 0 Å². The van der Waals surface area contributed by atoms with Crippen LogP contribution in [0.15, 0.2) is 48.9 Å². The van der Waals surface area contributed by atoms with Gasteiger partial charge in [0.05, 0.1) is 5.69 Å². The van der Waals surface area contributed by atoms with Gasteiger partial charge in [-0.15, -0.1) is 0 Å². The van der Waals surface area contributed by atoms with Crippen LogP contribution in [0.1, 0.15) is 25.1 Å². The molecule has 3 rings (SSSR count). The van der Waals surface area contributed by atoms with Gasteiger partial charge in [-0.2, -0.15) is 0 Å². The molecule has 1 aromatic carbocycles. The summed E-state index contributed by atoms with van der Waals surface area (Å²) < 4.78 is 5.54. The van der Waals surface area contributed by atoms with Crippen LogP contribution in [0.5, 0.6) is 5.75 Å². The number of nitrogens with zero attached hydrogens (tertiary/aromatic N) is 3. The highest BCUT2D eigenvalue weighted by Gasteiger charge is 2.27. The molecule has 1 aromatic heterocycles. The number of hydrogen-bond acceptors (Lipinski definition) is 5. The average molecular weight is 326 g/mol. The van der Waals surface area contributed by atoms with Crippen molar-refractivity contribution < 1.29 is 9.53 Å². The number of aromatic nitrogens is 2. The maximum Gasteiger partial charge on any atom is 0.260 e. The SMILES string of the molecule is C[C@H](N[C@@H]1CCN(C(=O)COc2ccccc2)C1)c1cnccn1. The maximum atomic E-state index is 12.3. The van der Waals surface area contributed by atoms with Gasteiger partial charge in [-0.05, 0) is 25.5 Å². The Bertz CT molecular complexity index is 651. The van der Waals surface area contributed by atoms with Crippen LogP contribution in [0.4, 0.5) is 0 Å². The first-order valence-corrected chi connectivity index (χ1v) is 8.20. The highest BCUT2D eigenvalue weighted by Crippen LogP contribution is 2.15. The quantitative estimate of drug-likeness (QED) is 0.877. The van der Waals surface area contributed by atoms with E-state index in [1.54, 1.807) is 18.6 Å². The number of likely N-dealkylation sites (tertiary alicyclic amines) is 1. The predicted molar refractivity (Wildman–Crippen MR) is 90.5 cm³/mol. The molecule has 0 bridgehead atoms. The van der Waals surface area contributed by atoms with Crippen molar-refractivity contribution in [1.29, 1.82) is 0 Å². The third kappa shape index (κ3) is 4.29. The van der Waals surface area contributed by atoms with Gasteiger partial charge < -0.3 is 15.0 Å². The molecule has 6 nitrogen and oxygen atoms in total. The number of nitrogens with one attached hydrogen (secondary N) is 1. The van der Waals surface area contributed by atoms with Gasteiger partial charge in [0.2, 0.25) is 0 Å². The normalized spacial score (nSPS) is 18.4. The Morgan fingerprint density at radius 2 is 2.21 bits per heavy atom. The number of benzene rings is 1. The lowest BCUT2D eigenvalue weighted by molar-refractivity contribution is -0.132. The molecule has 0 saturated carbocycles. The second kappa shape index (κ2) is 7.88. The van der Waals surface area contributed by atoms with Crippen molar-refractivity contribution in [2.24, 2.45) is 0 Å². The van der Waals surface area contributed by atoms with Gasteiger partial charge in [0.1, 0.15) is 5.75 Å². The van der Waals surface area contributed by atoms with E-state index in [0.717, 1.165) is 24.4 Å². The third-order valence-corrected chi connectivity index (χ3v) is 4.16. The second-order valence-corrected chi connectivity index (χ2v) is 5.95. The maximum absolute atomic E-state index is 12.3. The van der Waals surface area contributed by atoms with E-state index in [4.69, 9.17) is 4.74 Å². The fraction of sp³-hybridized carbons (Fsp3) is 0.389. The van der Waals surface area contributed by atoms with Crippen molar-refractivity contribution in [1.82, 2.24) is 20.2 Å². The summed E-state index contributed by atoms with van der Waals surface area (Å²) in [5, 5.41) is 3.52. The number of para-hydroxylation sites is 1. The molecule has 0 spiro atoms. The summed E-state index contributed by atoms with van der Waals surface area (Å²) in [4.78, 5) is 22.5. The van der Waals surface area contributed by atoms with Crippen LogP contribution in [0, 0.1) is 0 Å². The van der Waals surface area contributed by atoms with Gasteiger partial charge in [0, 0.05) is 43.8 Å². The van der Waals surface area contributed by atoms with Crippen molar-refractivity contribution in [2.75, 3.05) is 19.7 Å². The first-order valence-electron chi connectivity index (χ1n) is 8.20. The third-order valence-electron chi connectivity index (χ3n) is 4.16. The second-order valence-electron chi connectivity index (χ2n) is 5.95. The molecule has 6 heteroatoms. The van der Waals surface area contributed by atoms with Crippen molar-refractivity contribution in [3.05, 3.63) is 54.6 Å². The number of hydrogen-bond donors (Lipinski definition) is 1. The smallest absolute Gasteiger partial charge is 0.260 e. The van der Waals surface area contributed by atoms with Crippen LogP contribution in [-0.2, 0) is 4.79 Å². The Morgan fingerprint density at radius 1 is 1.38 bits per heavy atom. The molecule has 1 aliphatic heterocycles. The van der Waals surface area contributed by atoms with E-state index < -0.39 is 0 Å². The Labute approximate surface area is 141 Å². The number of amides is 1. The molecule has 126 valence electrons. The molecule has 0 unspecified atom stereocenters. The molecule has 2 atom stereocenters. The van der Waals surface area contributed by atoms with Crippen LogP contribution in [-0.4, -0.2) is 46.5 Å². The summed E-state index contributed by atoms with van der Waals surface area (Å²) in [5.74, 6) is 0.742. The first-order chi connectivity index (χ1) is 11.7. The summed E-state index contributed by atoms with van der Waals surface area (Å²) in [7, 11) is 0. The molecular weight excluding hydrogens is 304 g/mol. The highest BCUT2D eigenvalue weighted by molar-refractivity contribution is 5.78. The van der Waals surface area contributed by atoms with E-state index in [0.29, 0.717) is 6.54 Å². The van der Waals surface area contributed by atoms with Gasteiger partial charge in [0.15, 0.2) is 6.61 Å². The molecule has 1 amide bonds. The lowest BCUT2D eigenvalue weighted by Gasteiger charge is -2.20. The number of carbonyl (C=O) groups excluding carboxylic acids is 1. The molecule has 1 aliphatic rings. The van der Waals surface area contributed by atoms with Crippen LogP contribution in [0.3, 0.4) is 0 Å². The zero-order valence-electron chi connectivity index (χ0n) is 13.8. The largest absolute Gasteiger partial charge is 0.484 e. The number of carbonyl (C=O) groups is 1. The van der Waals surface area contributed by atoms with Gasteiger partial charge in [0.25, 0.3) is 5.91 Å². The minimum absolute atomic E-state index is 0.0234. The van der Waals surface area contributed by atoms with E-state index in [1.807, 2.05) is 35.2 Å². The Morgan fingerprint density at radius 3 is 2.96 bits per heavy atom. The molecule has 0 radical (unpaired) electrons. The van der Waals surface area contributed by atoms with Crippen LogP contribution in [0.2, 0.25) is 0 Å². The minimum Gasteiger partial charge on any atom is -0.484 e. The molecule has 0 aliphatic carbocycles. The lowest BCUT2D eigenvalue weighted by atomic mass is 10.2. The van der Waals surface area contributed by atoms with Crippen molar-refractivity contribution in [3.63, 3.8) is 0 Å². The number of ether oxygens (including phenoxy) is 1. The van der Waals surface area contributed by atoms with E-state index in [2.05, 4.69) is 22.2 Å². The Balaban J connectivity index is 1.45. The Hall–Kier alpha value is -2.47. The molecular formula is C18H22N4O2. The predicted octanol–water partition coefficient (Wildman–Crippen LogP) is 1.81. The molecule has 1 fully saturated rings. The van der Waals surface area contributed by atoms with Crippen LogP contribution < -0.4 is 10.1 Å². The molecule has 1 saturated heterocycles.